The van der Waals surface area contributed by atoms with Crippen molar-refractivity contribution in [2.45, 2.75) is 13.8 Å². The molecule has 0 saturated heterocycles. The van der Waals surface area contributed by atoms with E-state index < -0.39 is 0 Å². The van der Waals surface area contributed by atoms with Crippen LogP contribution in [0.25, 0.3) is 0 Å². The van der Waals surface area contributed by atoms with Gasteiger partial charge in [-0.3, -0.25) is 0 Å². The number of halogens is 1. The van der Waals surface area contributed by atoms with Crippen molar-refractivity contribution in [1.82, 2.24) is 0 Å². The minimum absolute atomic E-state index is 0.371. The number of ether oxygens (including phenoxy) is 1. The van der Waals surface area contributed by atoms with Crippen LogP contribution >= 0.6 is 11.6 Å². The Hall–Kier alpha value is -1.80. The summed E-state index contributed by atoms with van der Waals surface area (Å²) in [5.74, 6) is 0.123. The molecular formula is C15H13ClO2. The lowest BCUT2D eigenvalue weighted by atomic mass is 10.1. The maximum absolute atomic E-state index is 12.0. The second-order valence-electron chi connectivity index (χ2n) is 4.12. The molecule has 18 heavy (non-hydrogen) atoms. The first kappa shape index (κ1) is 12.7. The van der Waals surface area contributed by atoms with Gasteiger partial charge in [-0.05, 0) is 38.1 Å². The number of esters is 1. The SMILES string of the molecule is Cc1cccc(C(=O)Oc2cccc(Cl)c2C)c1. The van der Waals surface area contributed by atoms with Crippen LogP contribution in [0.4, 0.5) is 0 Å². The van der Waals surface area contributed by atoms with Gasteiger partial charge in [-0.15, -0.1) is 0 Å². The van der Waals surface area contributed by atoms with Gasteiger partial charge in [0, 0.05) is 10.6 Å². The Labute approximate surface area is 111 Å². The van der Waals surface area contributed by atoms with E-state index in [4.69, 9.17) is 16.3 Å². The lowest BCUT2D eigenvalue weighted by molar-refractivity contribution is 0.0733. The van der Waals surface area contributed by atoms with E-state index in [0.717, 1.165) is 11.1 Å². The van der Waals surface area contributed by atoms with Crippen molar-refractivity contribution in [1.29, 1.82) is 0 Å². The molecule has 0 amide bonds. The molecule has 2 rings (SSSR count). The highest BCUT2D eigenvalue weighted by Crippen LogP contribution is 2.25. The third kappa shape index (κ3) is 2.71. The summed E-state index contributed by atoms with van der Waals surface area (Å²) in [5.41, 5.74) is 2.32. The molecule has 3 heteroatoms. The van der Waals surface area contributed by atoms with Crippen molar-refractivity contribution >= 4 is 17.6 Å². The van der Waals surface area contributed by atoms with Crippen molar-refractivity contribution in [2.24, 2.45) is 0 Å². The molecule has 0 radical (unpaired) electrons. The summed E-state index contributed by atoms with van der Waals surface area (Å²) in [4.78, 5) is 12.0. The fraction of sp³-hybridized carbons (Fsp3) is 0.133. The average molecular weight is 261 g/mol. The number of benzene rings is 2. The molecule has 0 aromatic heterocycles. The third-order valence-corrected chi connectivity index (χ3v) is 3.08. The molecule has 0 N–H and O–H groups in total. The van der Waals surface area contributed by atoms with Gasteiger partial charge in [0.15, 0.2) is 0 Å². The second kappa shape index (κ2) is 5.23. The highest BCUT2D eigenvalue weighted by molar-refractivity contribution is 6.31. The quantitative estimate of drug-likeness (QED) is 0.598. The van der Waals surface area contributed by atoms with Crippen molar-refractivity contribution in [3.63, 3.8) is 0 Å². The smallest absolute Gasteiger partial charge is 0.343 e. The van der Waals surface area contributed by atoms with Crippen LogP contribution < -0.4 is 4.74 Å². The number of carbonyl (C=O) groups excluding carboxylic acids is 1. The summed E-state index contributed by atoms with van der Waals surface area (Å²) in [5, 5.41) is 0.588. The van der Waals surface area contributed by atoms with Crippen LogP contribution in [0.3, 0.4) is 0 Å². The zero-order chi connectivity index (χ0) is 13.1. The molecule has 2 aromatic carbocycles. The highest BCUT2D eigenvalue weighted by atomic mass is 35.5. The van der Waals surface area contributed by atoms with Crippen molar-refractivity contribution in [3.8, 4) is 5.75 Å². The van der Waals surface area contributed by atoms with E-state index in [-0.39, 0.29) is 5.97 Å². The van der Waals surface area contributed by atoms with Crippen molar-refractivity contribution in [3.05, 3.63) is 64.2 Å². The molecule has 0 aliphatic heterocycles. The predicted molar refractivity (Wildman–Crippen MR) is 72.3 cm³/mol. The summed E-state index contributed by atoms with van der Waals surface area (Å²) >= 11 is 5.98. The lowest BCUT2D eigenvalue weighted by Gasteiger charge is -2.08. The minimum atomic E-state index is -0.371. The Bertz CT molecular complexity index is 591. The van der Waals surface area contributed by atoms with Gasteiger partial charge in [0.1, 0.15) is 5.75 Å². The number of carbonyl (C=O) groups is 1. The van der Waals surface area contributed by atoms with E-state index in [9.17, 15) is 4.79 Å². The Kier molecular flexibility index (Phi) is 3.68. The Morgan fingerprint density at radius 2 is 1.83 bits per heavy atom. The maximum Gasteiger partial charge on any atom is 0.343 e. The van der Waals surface area contributed by atoms with Crippen LogP contribution in [0.2, 0.25) is 5.02 Å². The lowest BCUT2D eigenvalue weighted by Crippen LogP contribution is -2.09. The van der Waals surface area contributed by atoms with E-state index in [1.165, 1.54) is 0 Å². The summed E-state index contributed by atoms with van der Waals surface area (Å²) in [6.45, 7) is 3.75. The molecule has 0 saturated carbocycles. The van der Waals surface area contributed by atoms with E-state index in [1.54, 1.807) is 30.3 Å². The first-order chi connectivity index (χ1) is 8.58. The van der Waals surface area contributed by atoms with Gasteiger partial charge in [-0.1, -0.05) is 35.4 Å². The topological polar surface area (TPSA) is 26.3 Å². The molecule has 2 aromatic rings. The number of hydrogen-bond acceptors (Lipinski definition) is 2. The zero-order valence-corrected chi connectivity index (χ0v) is 11.0. The summed E-state index contributed by atoms with van der Waals surface area (Å²) < 4.78 is 5.34. The highest BCUT2D eigenvalue weighted by Gasteiger charge is 2.11. The number of aryl methyl sites for hydroxylation is 1. The molecule has 92 valence electrons. The third-order valence-electron chi connectivity index (χ3n) is 2.67. The number of rotatable bonds is 2. The van der Waals surface area contributed by atoms with E-state index in [0.29, 0.717) is 16.3 Å². The van der Waals surface area contributed by atoms with Crippen LogP contribution in [0.5, 0.6) is 5.75 Å². The van der Waals surface area contributed by atoms with E-state index in [2.05, 4.69) is 0 Å². The maximum atomic E-state index is 12.0. The average Bonchev–Trinajstić information content (AvgIpc) is 2.35. The van der Waals surface area contributed by atoms with Gasteiger partial charge in [-0.2, -0.15) is 0 Å². The van der Waals surface area contributed by atoms with Crippen LogP contribution in [-0.4, -0.2) is 5.97 Å². The largest absolute Gasteiger partial charge is 0.423 e. The van der Waals surface area contributed by atoms with Gasteiger partial charge in [0.2, 0.25) is 0 Å². The molecule has 0 spiro atoms. The molecule has 0 heterocycles. The molecule has 0 atom stereocenters. The Morgan fingerprint density at radius 1 is 1.11 bits per heavy atom. The molecule has 0 bridgehead atoms. The first-order valence-corrected chi connectivity index (χ1v) is 5.99. The van der Waals surface area contributed by atoms with Crippen LogP contribution in [0, 0.1) is 13.8 Å². The molecular weight excluding hydrogens is 248 g/mol. The van der Waals surface area contributed by atoms with Gasteiger partial charge in [0.25, 0.3) is 0 Å². The molecule has 0 unspecified atom stereocenters. The van der Waals surface area contributed by atoms with Gasteiger partial charge in [0.05, 0.1) is 5.56 Å². The standard InChI is InChI=1S/C15H13ClO2/c1-10-5-3-6-12(9-10)15(17)18-14-8-4-7-13(16)11(14)2/h3-9H,1-2H3. The summed E-state index contributed by atoms with van der Waals surface area (Å²) in [6, 6.07) is 12.5. The summed E-state index contributed by atoms with van der Waals surface area (Å²) in [6.07, 6.45) is 0. The van der Waals surface area contributed by atoms with Crippen LogP contribution in [0.1, 0.15) is 21.5 Å². The minimum Gasteiger partial charge on any atom is -0.423 e. The first-order valence-electron chi connectivity index (χ1n) is 5.62. The normalized spacial score (nSPS) is 10.2. The second-order valence-corrected chi connectivity index (χ2v) is 4.53. The van der Waals surface area contributed by atoms with Crippen LogP contribution in [0.15, 0.2) is 42.5 Å². The Balaban J connectivity index is 2.24. The monoisotopic (exact) mass is 260 g/mol. The van der Waals surface area contributed by atoms with Crippen LogP contribution in [-0.2, 0) is 0 Å². The Morgan fingerprint density at radius 3 is 2.56 bits per heavy atom. The molecule has 0 aliphatic carbocycles. The molecule has 0 fully saturated rings. The van der Waals surface area contributed by atoms with Gasteiger partial charge < -0.3 is 4.74 Å². The van der Waals surface area contributed by atoms with E-state index >= 15 is 0 Å². The fourth-order valence-corrected chi connectivity index (χ4v) is 1.79. The van der Waals surface area contributed by atoms with Crippen molar-refractivity contribution in [2.75, 3.05) is 0 Å². The molecule has 2 nitrogen and oxygen atoms in total. The summed E-state index contributed by atoms with van der Waals surface area (Å²) in [7, 11) is 0. The van der Waals surface area contributed by atoms with Gasteiger partial charge in [-0.25, -0.2) is 4.79 Å². The molecule has 0 aliphatic rings. The fourth-order valence-electron chi connectivity index (χ4n) is 1.63. The predicted octanol–water partition coefficient (Wildman–Crippen LogP) is 4.18. The van der Waals surface area contributed by atoms with Crippen molar-refractivity contribution < 1.29 is 9.53 Å². The van der Waals surface area contributed by atoms with Gasteiger partial charge >= 0.3 is 5.97 Å². The van der Waals surface area contributed by atoms with E-state index in [1.807, 2.05) is 26.0 Å². The zero-order valence-electron chi connectivity index (χ0n) is 10.2. The number of hydrogen-bond donors (Lipinski definition) is 0.